The predicted octanol–water partition coefficient (Wildman–Crippen LogP) is 5.23. The average molecular weight is 473 g/mol. The van der Waals surface area contributed by atoms with E-state index in [-0.39, 0.29) is 17.7 Å². The van der Waals surface area contributed by atoms with Crippen LogP contribution in [-0.2, 0) is 11.2 Å². The first-order valence-electron chi connectivity index (χ1n) is 11.3. The molecule has 0 radical (unpaired) electrons. The van der Waals surface area contributed by atoms with E-state index in [1.807, 2.05) is 91.2 Å². The molecular weight excluding hydrogens is 444 g/mol. The Morgan fingerprint density at radius 2 is 1.65 bits per heavy atom. The van der Waals surface area contributed by atoms with Crippen LogP contribution in [0.25, 0.3) is 5.69 Å². The minimum atomic E-state index is -0.0630. The van der Waals surface area contributed by atoms with Gasteiger partial charge in [-0.25, -0.2) is 0 Å². The zero-order valence-electron chi connectivity index (χ0n) is 19.3. The monoisotopic (exact) mass is 472 g/mol. The van der Waals surface area contributed by atoms with E-state index in [1.165, 1.54) is 11.8 Å². The van der Waals surface area contributed by atoms with E-state index in [2.05, 4.69) is 27.6 Å². The Balaban J connectivity index is 1.52. The smallest absolute Gasteiger partial charge is 0.230 e. The first-order chi connectivity index (χ1) is 16.6. The van der Waals surface area contributed by atoms with Crippen LogP contribution in [0.5, 0.6) is 5.75 Å². The molecule has 0 spiro atoms. The predicted molar refractivity (Wildman–Crippen MR) is 135 cm³/mol. The van der Waals surface area contributed by atoms with E-state index in [1.54, 1.807) is 0 Å². The van der Waals surface area contributed by atoms with Crippen molar-refractivity contribution in [2.75, 3.05) is 12.4 Å². The SMILES string of the molecule is CCOc1ccc(-n2c(Cc3ccccc3)nnc2SCC(=O)NC(C)c2ccccc2)cc1. The zero-order valence-corrected chi connectivity index (χ0v) is 20.2. The maximum Gasteiger partial charge on any atom is 0.230 e. The topological polar surface area (TPSA) is 69.0 Å². The summed E-state index contributed by atoms with van der Waals surface area (Å²) >= 11 is 1.38. The molecule has 0 aliphatic rings. The van der Waals surface area contributed by atoms with Crippen LogP contribution < -0.4 is 10.1 Å². The van der Waals surface area contributed by atoms with Crippen LogP contribution >= 0.6 is 11.8 Å². The van der Waals surface area contributed by atoms with Gasteiger partial charge in [0.05, 0.1) is 18.4 Å². The van der Waals surface area contributed by atoms with Gasteiger partial charge in [-0.05, 0) is 49.2 Å². The summed E-state index contributed by atoms with van der Waals surface area (Å²) in [4.78, 5) is 12.7. The van der Waals surface area contributed by atoms with Gasteiger partial charge in [0.15, 0.2) is 5.16 Å². The van der Waals surface area contributed by atoms with Gasteiger partial charge < -0.3 is 10.1 Å². The van der Waals surface area contributed by atoms with E-state index >= 15 is 0 Å². The highest BCUT2D eigenvalue weighted by atomic mass is 32.2. The molecule has 4 aromatic rings. The molecule has 4 rings (SSSR count). The van der Waals surface area contributed by atoms with Crippen LogP contribution in [0.3, 0.4) is 0 Å². The molecule has 0 aliphatic heterocycles. The van der Waals surface area contributed by atoms with E-state index in [4.69, 9.17) is 4.74 Å². The van der Waals surface area contributed by atoms with Crippen molar-refractivity contribution in [1.29, 1.82) is 0 Å². The molecule has 6 nitrogen and oxygen atoms in total. The fraction of sp³-hybridized carbons (Fsp3) is 0.222. The molecule has 1 aromatic heterocycles. The molecule has 1 N–H and O–H groups in total. The maximum absolute atomic E-state index is 12.7. The largest absolute Gasteiger partial charge is 0.494 e. The minimum absolute atomic E-state index is 0.0489. The Hall–Kier alpha value is -3.58. The number of rotatable bonds is 10. The zero-order chi connectivity index (χ0) is 23.8. The normalized spacial score (nSPS) is 11.7. The second-order valence-corrected chi connectivity index (χ2v) is 8.75. The van der Waals surface area contributed by atoms with Gasteiger partial charge in [0.25, 0.3) is 0 Å². The van der Waals surface area contributed by atoms with Crippen LogP contribution in [0.1, 0.15) is 36.8 Å². The number of nitrogens with one attached hydrogen (secondary N) is 1. The number of benzene rings is 3. The van der Waals surface area contributed by atoms with Crippen LogP contribution in [0.15, 0.2) is 90.1 Å². The molecule has 0 saturated carbocycles. The highest BCUT2D eigenvalue weighted by Gasteiger charge is 2.17. The molecule has 7 heteroatoms. The standard InChI is InChI=1S/C27H28N4O2S/c1-3-33-24-16-14-23(15-17-24)31-25(18-21-10-6-4-7-11-21)29-30-27(31)34-19-26(32)28-20(2)22-12-8-5-9-13-22/h4-17,20H,3,18-19H2,1-2H3,(H,28,32). The van der Waals surface area contributed by atoms with Gasteiger partial charge in [0, 0.05) is 12.1 Å². The molecule has 0 saturated heterocycles. The lowest BCUT2D eigenvalue weighted by Gasteiger charge is -2.14. The first-order valence-corrected chi connectivity index (χ1v) is 12.3. The second kappa shape index (κ2) is 11.5. The van der Waals surface area contributed by atoms with Crippen LogP contribution in [-0.4, -0.2) is 33.0 Å². The number of thioether (sulfide) groups is 1. The molecule has 1 heterocycles. The molecule has 1 unspecified atom stereocenters. The van der Waals surface area contributed by atoms with Crippen molar-refractivity contribution in [1.82, 2.24) is 20.1 Å². The van der Waals surface area contributed by atoms with E-state index < -0.39 is 0 Å². The molecule has 0 aliphatic carbocycles. The van der Waals surface area contributed by atoms with Gasteiger partial charge in [-0.1, -0.05) is 72.4 Å². The van der Waals surface area contributed by atoms with Crippen molar-refractivity contribution in [3.05, 3.63) is 102 Å². The Kier molecular flexibility index (Phi) is 7.99. The summed E-state index contributed by atoms with van der Waals surface area (Å²) in [6.07, 6.45) is 0.638. The fourth-order valence-electron chi connectivity index (χ4n) is 3.64. The third-order valence-corrected chi connectivity index (χ3v) is 6.25. The number of carbonyl (C=O) groups is 1. The number of hydrogen-bond donors (Lipinski definition) is 1. The molecule has 174 valence electrons. The summed E-state index contributed by atoms with van der Waals surface area (Å²) in [7, 11) is 0. The fourth-order valence-corrected chi connectivity index (χ4v) is 4.42. The third-order valence-electron chi connectivity index (χ3n) is 5.32. The molecular formula is C27H28N4O2S. The van der Waals surface area contributed by atoms with Gasteiger partial charge in [0.1, 0.15) is 11.6 Å². The van der Waals surface area contributed by atoms with E-state index in [9.17, 15) is 4.79 Å². The van der Waals surface area contributed by atoms with E-state index in [0.717, 1.165) is 28.4 Å². The summed E-state index contributed by atoms with van der Waals surface area (Å²) in [5.74, 6) is 1.83. The molecule has 1 atom stereocenters. The van der Waals surface area contributed by atoms with Gasteiger partial charge in [-0.15, -0.1) is 10.2 Å². The number of amides is 1. The molecule has 0 fully saturated rings. The number of carbonyl (C=O) groups excluding carboxylic acids is 1. The Morgan fingerprint density at radius 3 is 2.32 bits per heavy atom. The van der Waals surface area contributed by atoms with Gasteiger partial charge in [0.2, 0.25) is 5.91 Å². The van der Waals surface area contributed by atoms with Gasteiger partial charge in [-0.3, -0.25) is 9.36 Å². The quantitative estimate of drug-likeness (QED) is 0.320. The molecule has 34 heavy (non-hydrogen) atoms. The number of nitrogens with zero attached hydrogens (tertiary/aromatic N) is 3. The molecule has 3 aromatic carbocycles. The van der Waals surface area contributed by atoms with Crippen LogP contribution in [0.4, 0.5) is 0 Å². The first kappa shape index (κ1) is 23.6. The maximum atomic E-state index is 12.7. The number of hydrogen-bond acceptors (Lipinski definition) is 5. The summed E-state index contributed by atoms with van der Waals surface area (Å²) in [5, 5.41) is 12.6. The minimum Gasteiger partial charge on any atom is -0.494 e. The number of ether oxygens (including phenoxy) is 1. The summed E-state index contributed by atoms with van der Waals surface area (Å²) in [6, 6.07) is 27.9. The number of aromatic nitrogens is 3. The third kappa shape index (κ3) is 6.05. The van der Waals surface area contributed by atoms with Crippen LogP contribution in [0, 0.1) is 0 Å². The second-order valence-electron chi connectivity index (χ2n) is 7.81. The van der Waals surface area contributed by atoms with Crippen LogP contribution in [0.2, 0.25) is 0 Å². The van der Waals surface area contributed by atoms with E-state index in [0.29, 0.717) is 18.2 Å². The highest BCUT2D eigenvalue weighted by molar-refractivity contribution is 7.99. The summed E-state index contributed by atoms with van der Waals surface area (Å²) in [5.41, 5.74) is 3.15. The van der Waals surface area contributed by atoms with Crippen molar-refractivity contribution in [3.63, 3.8) is 0 Å². The van der Waals surface area contributed by atoms with Gasteiger partial charge >= 0.3 is 0 Å². The molecule has 0 bridgehead atoms. The lowest BCUT2D eigenvalue weighted by Crippen LogP contribution is -2.28. The van der Waals surface area contributed by atoms with Gasteiger partial charge in [-0.2, -0.15) is 0 Å². The van der Waals surface area contributed by atoms with Crippen molar-refractivity contribution >= 4 is 17.7 Å². The van der Waals surface area contributed by atoms with Crippen molar-refractivity contribution in [2.24, 2.45) is 0 Å². The Morgan fingerprint density at radius 1 is 0.971 bits per heavy atom. The van der Waals surface area contributed by atoms with Crippen molar-refractivity contribution < 1.29 is 9.53 Å². The van der Waals surface area contributed by atoms with Crippen molar-refractivity contribution in [2.45, 2.75) is 31.5 Å². The van der Waals surface area contributed by atoms with Crippen molar-refractivity contribution in [3.8, 4) is 11.4 Å². The average Bonchev–Trinajstić information content (AvgIpc) is 3.27. The Labute approximate surface area is 204 Å². The Bertz CT molecular complexity index is 1190. The summed E-state index contributed by atoms with van der Waals surface area (Å²) in [6.45, 7) is 4.56. The highest BCUT2D eigenvalue weighted by Crippen LogP contribution is 2.25. The molecule has 1 amide bonds. The summed E-state index contributed by atoms with van der Waals surface area (Å²) < 4.78 is 7.60. The lowest BCUT2D eigenvalue weighted by molar-refractivity contribution is -0.119. The lowest BCUT2D eigenvalue weighted by atomic mass is 10.1.